The predicted octanol–water partition coefficient (Wildman–Crippen LogP) is 7.22. The summed E-state index contributed by atoms with van der Waals surface area (Å²) in [5, 5.41) is 11.7. The van der Waals surface area contributed by atoms with Crippen LogP contribution in [0.4, 0.5) is 0 Å². The normalized spacial score (nSPS) is 13.1. The zero-order valence-electron chi connectivity index (χ0n) is 19.5. The van der Waals surface area contributed by atoms with Crippen molar-refractivity contribution in [1.82, 2.24) is 5.32 Å². The smallest absolute Gasteiger partial charge is 0.220 e. The van der Waals surface area contributed by atoms with E-state index >= 15 is 0 Å². The summed E-state index contributed by atoms with van der Waals surface area (Å²) in [6.07, 6.45) is 27.5. The molecule has 1 rings (SSSR count). The highest BCUT2D eigenvalue weighted by atomic mass is 79.9. The Morgan fingerprint density at radius 3 is 2.06 bits per heavy atom. The van der Waals surface area contributed by atoms with Gasteiger partial charge in [0.05, 0.1) is 6.61 Å². The number of benzene rings is 1. The van der Waals surface area contributed by atoms with Crippen molar-refractivity contribution in [1.29, 1.82) is 0 Å². The zero-order valence-corrected chi connectivity index (χ0v) is 21.1. The maximum absolute atomic E-state index is 11.6. The van der Waals surface area contributed by atoms with Gasteiger partial charge in [-0.05, 0) is 76.3 Å². The number of carbonyl (C=O) groups excluding carboxylic acids is 1. The SMILES string of the molecule is C[C@H](CO)NC(=O)CCC/C=C\C/C=C\C/C=C\C/C=C\CCCCc1ccccc1Br. The number of rotatable bonds is 17. The number of aliphatic hydroxyl groups is 1. The molecule has 32 heavy (non-hydrogen) atoms. The van der Waals surface area contributed by atoms with Crippen molar-refractivity contribution in [3.8, 4) is 0 Å². The van der Waals surface area contributed by atoms with Crippen LogP contribution in [0.3, 0.4) is 0 Å². The van der Waals surface area contributed by atoms with Crippen LogP contribution in [0, 0.1) is 0 Å². The monoisotopic (exact) mass is 501 g/mol. The van der Waals surface area contributed by atoms with E-state index in [9.17, 15) is 4.79 Å². The fourth-order valence-electron chi connectivity index (χ4n) is 3.10. The molecule has 1 atom stereocenters. The first-order valence-electron chi connectivity index (χ1n) is 11.9. The number of aliphatic hydroxyl groups excluding tert-OH is 1. The minimum atomic E-state index is -0.161. The van der Waals surface area contributed by atoms with Crippen molar-refractivity contribution < 1.29 is 9.90 Å². The Balaban J connectivity index is 1.94. The molecular weight excluding hydrogens is 462 g/mol. The molecule has 2 N–H and O–H groups in total. The van der Waals surface area contributed by atoms with Gasteiger partial charge in [-0.1, -0.05) is 82.7 Å². The van der Waals surface area contributed by atoms with Gasteiger partial charge in [0, 0.05) is 16.9 Å². The van der Waals surface area contributed by atoms with Crippen molar-refractivity contribution in [3.63, 3.8) is 0 Å². The van der Waals surface area contributed by atoms with Gasteiger partial charge in [0.15, 0.2) is 0 Å². The van der Waals surface area contributed by atoms with Gasteiger partial charge in [0.2, 0.25) is 5.91 Å². The van der Waals surface area contributed by atoms with E-state index in [1.54, 1.807) is 6.92 Å². The average molecular weight is 503 g/mol. The van der Waals surface area contributed by atoms with E-state index in [1.165, 1.54) is 22.9 Å². The maximum Gasteiger partial charge on any atom is 0.220 e. The first kappa shape index (κ1) is 28.1. The van der Waals surface area contributed by atoms with E-state index in [-0.39, 0.29) is 18.6 Å². The van der Waals surface area contributed by atoms with Crippen LogP contribution in [-0.4, -0.2) is 23.7 Å². The highest BCUT2D eigenvalue weighted by molar-refractivity contribution is 9.10. The van der Waals surface area contributed by atoms with Gasteiger partial charge in [-0.3, -0.25) is 4.79 Å². The molecule has 0 aromatic heterocycles. The summed E-state index contributed by atoms with van der Waals surface area (Å²) in [5.74, 6) is 0.0120. The number of hydrogen-bond donors (Lipinski definition) is 2. The lowest BCUT2D eigenvalue weighted by Crippen LogP contribution is -2.34. The van der Waals surface area contributed by atoms with Crippen LogP contribution >= 0.6 is 15.9 Å². The van der Waals surface area contributed by atoms with Gasteiger partial charge in [-0.15, -0.1) is 0 Å². The molecule has 0 fully saturated rings. The fraction of sp³-hybridized carbons (Fsp3) is 0.464. The van der Waals surface area contributed by atoms with Gasteiger partial charge in [0.25, 0.3) is 0 Å². The first-order chi connectivity index (χ1) is 15.6. The third kappa shape index (κ3) is 15.8. The molecule has 0 aliphatic carbocycles. The summed E-state index contributed by atoms with van der Waals surface area (Å²) in [6.45, 7) is 1.78. The second kappa shape index (κ2) is 19.8. The molecule has 3 nitrogen and oxygen atoms in total. The Morgan fingerprint density at radius 1 is 0.906 bits per heavy atom. The zero-order chi connectivity index (χ0) is 23.3. The number of amides is 1. The van der Waals surface area contributed by atoms with Crippen LogP contribution in [0.2, 0.25) is 0 Å². The maximum atomic E-state index is 11.6. The molecule has 176 valence electrons. The number of nitrogens with one attached hydrogen (secondary N) is 1. The van der Waals surface area contributed by atoms with Crippen LogP contribution in [0.1, 0.15) is 70.3 Å². The van der Waals surface area contributed by atoms with Crippen molar-refractivity contribution in [2.45, 2.75) is 77.2 Å². The summed E-state index contributed by atoms with van der Waals surface area (Å²) in [6, 6.07) is 8.31. The van der Waals surface area contributed by atoms with Crippen LogP contribution in [0.25, 0.3) is 0 Å². The molecular formula is C28H40BrNO2. The van der Waals surface area contributed by atoms with Crippen LogP contribution < -0.4 is 5.32 Å². The van der Waals surface area contributed by atoms with Crippen LogP contribution in [0.5, 0.6) is 0 Å². The topological polar surface area (TPSA) is 49.3 Å². The first-order valence-corrected chi connectivity index (χ1v) is 12.7. The molecule has 0 heterocycles. The largest absolute Gasteiger partial charge is 0.394 e. The van der Waals surface area contributed by atoms with Crippen molar-refractivity contribution in [2.24, 2.45) is 0 Å². The molecule has 0 unspecified atom stereocenters. The molecule has 1 amide bonds. The van der Waals surface area contributed by atoms with E-state index in [0.717, 1.165) is 44.9 Å². The molecule has 0 spiro atoms. The molecule has 0 bridgehead atoms. The number of unbranched alkanes of at least 4 members (excludes halogenated alkanes) is 3. The Morgan fingerprint density at radius 2 is 1.47 bits per heavy atom. The molecule has 0 saturated carbocycles. The predicted molar refractivity (Wildman–Crippen MR) is 141 cm³/mol. The van der Waals surface area contributed by atoms with Crippen LogP contribution in [-0.2, 0) is 11.2 Å². The van der Waals surface area contributed by atoms with E-state index in [0.29, 0.717) is 6.42 Å². The number of hydrogen-bond acceptors (Lipinski definition) is 2. The highest BCUT2D eigenvalue weighted by Crippen LogP contribution is 2.18. The van der Waals surface area contributed by atoms with E-state index in [4.69, 9.17) is 5.11 Å². The summed E-state index contributed by atoms with van der Waals surface area (Å²) < 4.78 is 1.22. The molecule has 0 saturated heterocycles. The molecule has 0 radical (unpaired) electrons. The Hall–Kier alpha value is -1.91. The molecule has 0 aliphatic rings. The highest BCUT2D eigenvalue weighted by Gasteiger charge is 2.04. The van der Waals surface area contributed by atoms with Crippen molar-refractivity contribution >= 4 is 21.8 Å². The molecule has 0 aliphatic heterocycles. The van der Waals surface area contributed by atoms with Crippen LogP contribution in [0.15, 0.2) is 77.3 Å². The summed E-state index contributed by atoms with van der Waals surface area (Å²) in [4.78, 5) is 11.6. The molecule has 4 heteroatoms. The second-order valence-electron chi connectivity index (χ2n) is 7.97. The minimum absolute atomic E-state index is 0.0120. The molecule has 1 aromatic carbocycles. The summed E-state index contributed by atoms with van der Waals surface area (Å²) in [7, 11) is 0. The number of carbonyl (C=O) groups is 1. The number of halogens is 1. The van der Waals surface area contributed by atoms with E-state index < -0.39 is 0 Å². The standard InChI is InChI=1S/C28H40BrNO2/c1-25(24-31)30-28(32)23-17-15-13-11-9-7-5-3-2-4-6-8-10-12-14-16-20-26-21-18-19-22-27(26)29/h2,4-5,7-8,10-11,13,18-19,21-22,25,31H,3,6,9,12,14-17,20,23-24H2,1H3,(H,30,32)/b4-2-,7-5-,10-8-,13-11-/t25-/m1/s1. The quantitative estimate of drug-likeness (QED) is 0.175. The van der Waals surface area contributed by atoms with Crippen molar-refractivity contribution in [3.05, 3.63) is 82.9 Å². The second-order valence-corrected chi connectivity index (χ2v) is 8.83. The average Bonchev–Trinajstić information content (AvgIpc) is 2.79. The lowest BCUT2D eigenvalue weighted by Gasteiger charge is -2.09. The Labute approximate surface area is 203 Å². The minimum Gasteiger partial charge on any atom is -0.394 e. The third-order valence-electron chi connectivity index (χ3n) is 4.96. The van der Waals surface area contributed by atoms with Gasteiger partial charge in [0.1, 0.15) is 0 Å². The van der Waals surface area contributed by atoms with Gasteiger partial charge >= 0.3 is 0 Å². The number of allylic oxidation sites excluding steroid dienone is 8. The van der Waals surface area contributed by atoms with Gasteiger partial charge in [-0.25, -0.2) is 0 Å². The fourth-order valence-corrected chi connectivity index (χ4v) is 3.58. The molecule has 1 aromatic rings. The third-order valence-corrected chi connectivity index (χ3v) is 5.74. The van der Waals surface area contributed by atoms with E-state index in [2.05, 4.69) is 94.1 Å². The van der Waals surface area contributed by atoms with Crippen molar-refractivity contribution in [2.75, 3.05) is 6.61 Å². The van der Waals surface area contributed by atoms with E-state index in [1.807, 2.05) is 0 Å². The van der Waals surface area contributed by atoms with Gasteiger partial charge < -0.3 is 10.4 Å². The lowest BCUT2D eigenvalue weighted by molar-refractivity contribution is -0.122. The Kier molecular flexibility index (Phi) is 17.4. The summed E-state index contributed by atoms with van der Waals surface area (Å²) >= 11 is 3.61. The lowest BCUT2D eigenvalue weighted by atomic mass is 10.1. The van der Waals surface area contributed by atoms with Gasteiger partial charge in [-0.2, -0.15) is 0 Å². The Bertz CT molecular complexity index is 737. The number of aryl methyl sites for hydroxylation is 1. The summed E-state index contributed by atoms with van der Waals surface area (Å²) in [5.41, 5.74) is 1.40.